The van der Waals surface area contributed by atoms with Crippen LogP contribution in [0.1, 0.15) is 34.8 Å². The topological polar surface area (TPSA) is 61.4 Å². The highest BCUT2D eigenvalue weighted by Gasteiger charge is 2.25. The Morgan fingerprint density at radius 3 is 2.60 bits per heavy atom. The zero-order chi connectivity index (χ0) is 17.2. The van der Waals surface area contributed by atoms with Crippen LogP contribution in [0.3, 0.4) is 0 Å². The smallest absolute Gasteiger partial charge is 0.256 e. The Hall–Kier alpha value is -2.47. The number of piperazine rings is 1. The molecule has 0 bridgehead atoms. The predicted molar refractivity (Wildman–Crippen MR) is 98.1 cm³/mol. The molecule has 0 aromatic carbocycles. The molecule has 130 valence electrons. The molecule has 1 amide bonds. The summed E-state index contributed by atoms with van der Waals surface area (Å²) in [6.45, 7) is 4.13. The fraction of sp³-hybridized carbons (Fsp3) is 0.421. The van der Waals surface area contributed by atoms with Gasteiger partial charge in [0, 0.05) is 49.6 Å². The van der Waals surface area contributed by atoms with Crippen LogP contribution in [0, 0.1) is 0 Å². The van der Waals surface area contributed by atoms with E-state index in [0.717, 1.165) is 37.6 Å². The van der Waals surface area contributed by atoms with Crippen LogP contribution in [0.15, 0.2) is 36.7 Å². The van der Waals surface area contributed by atoms with E-state index in [1.165, 1.54) is 12.8 Å². The Kier molecular flexibility index (Phi) is 4.36. The van der Waals surface area contributed by atoms with Gasteiger partial charge in [-0.1, -0.05) is 0 Å². The van der Waals surface area contributed by atoms with Gasteiger partial charge in [0.25, 0.3) is 5.91 Å². The number of nitrogens with zero attached hydrogens (tertiary/aromatic N) is 4. The monoisotopic (exact) mass is 337 g/mol. The molecule has 6 nitrogen and oxygen atoms in total. The minimum atomic E-state index is -0.135. The van der Waals surface area contributed by atoms with Crippen LogP contribution in [0.2, 0.25) is 0 Å². The summed E-state index contributed by atoms with van der Waals surface area (Å²) in [5, 5.41) is 2.88. The van der Waals surface area contributed by atoms with Crippen molar-refractivity contribution in [2.45, 2.75) is 18.8 Å². The van der Waals surface area contributed by atoms with Crippen molar-refractivity contribution in [1.82, 2.24) is 14.9 Å². The highest BCUT2D eigenvalue weighted by atomic mass is 16.1. The standard InChI is InChI=1S/C19H23N5O/c1-23-8-10-24(11-9-23)16-4-5-18(21-13-16)22-19(25)15-6-7-20-17(12-15)14-2-3-14/h4-7,12-14H,2-3,8-11H2,1H3,(H,21,22,25). The van der Waals surface area contributed by atoms with Gasteiger partial charge < -0.3 is 15.1 Å². The SMILES string of the molecule is CN1CCN(c2ccc(NC(=O)c3ccnc(C4CC4)c3)nc2)CC1. The number of carbonyl (C=O) groups is 1. The summed E-state index contributed by atoms with van der Waals surface area (Å²) in [5.41, 5.74) is 2.76. The van der Waals surface area contributed by atoms with Gasteiger partial charge in [-0.3, -0.25) is 9.78 Å². The van der Waals surface area contributed by atoms with E-state index in [4.69, 9.17) is 0 Å². The molecule has 1 saturated heterocycles. The van der Waals surface area contributed by atoms with Crippen molar-refractivity contribution in [2.75, 3.05) is 43.4 Å². The maximum Gasteiger partial charge on any atom is 0.256 e. The second-order valence-corrected chi connectivity index (χ2v) is 6.89. The van der Waals surface area contributed by atoms with Gasteiger partial charge in [-0.05, 0) is 44.2 Å². The van der Waals surface area contributed by atoms with Gasteiger partial charge >= 0.3 is 0 Å². The van der Waals surface area contributed by atoms with Crippen molar-refractivity contribution < 1.29 is 4.79 Å². The third-order valence-corrected chi connectivity index (χ3v) is 4.90. The molecule has 25 heavy (non-hydrogen) atoms. The molecule has 2 fully saturated rings. The maximum absolute atomic E-state index is 12.4. The number of hydrogen-bond donors (Lipinski definition) is 1. The molecule has 1 N–H and O–H groups in total. The molecule has 3 heterocycles. The van der Waals surface area contributed by atoms with E-state index in [1.54, 1.807) is 12.3 Å². The molecule has 0 spiro atoms. The third-order valence-electron chi connectivity index (χ3n) is 4.90. The number of rotatable bonds is 4. The van der Waals surface area contributed by atoms with E-state index >= 15 is 0 Å². The van der Waals surface area contributed by atoms with Gasteiger partial charge in [0.15, 0.2) is 0 Å². The second kappa shape index (κ2) is 6.80. The molecule has 1 saturated carbocycles. The molecule has 0 unspecified atom stereocenters. The largest absolute Gasteiger partial charge is 0.368 e. The molecule has 4 rings (SSSR count). The normalized spacial score (nSPS) is 18.2. The van der Waals surface area contributed by atoms with E-state index in [2.05, 4.69) is 32.1 Å². The number of carbonyl (C=O) groups excluding carboxylic acids is 1. The minimum Gasteiger partial charge on any atom is -0.368 e. The summed E-state index contributed by atoms with van der Waals surface area (Å²) in [5.74, 6) is 0.977. The Labute approximate surface area is 147 Å². The summed E-state index contributed by atoms with van der Waals surface area (Å²) < 4.78 is 0. The molecule has 6 heteroatoms. The van der Waals surface area contributed by atoms with Crippen LogP contribution in [0.5, 0.6) is 0 Å². The van der Waals surface area contributed by atoms with Gasteiger partial charge in [0.1, 0.15) is 5.82 Å². The van der Waals surface area contributed by atoms with Crippen LogP contribution < -0.4 is 10.2 Å². The summed E-state index contributed by atoms with van der Waals surface area (Å²) in [6, 6.07) is 7.54. The Balaban J connectivity index is 1.40. The number of hydrogen-bond acceptors (Lipinski definition) is 5. The summed E-state index contributed by atoms with van der Waals surface area (Å²) in [7, 11) is 2.14. The Bertz CT molecular complexity index is 749. The minimum absolute atomic E-state index is 0.135. The number of nitrogens with one attached hydrogen (secondary N) is 1. The average molecular weight is 337 g/mol. The first-order valence-electron chi connectivity index (χ1n) is 8.86. The van der Waals surface area contributed by atoms with E-state index in [9.17, 15) is 4.79 Å². The lowest BCUT2D eigenvalue weighted by atomic mass is 10.1. The van der Waals surface area contributed by atoms with Crippen molar-refractivity contribution in [3.8, 4) is 0 Å². The van der Waals surface area contributed by atoms with Gasteiger partial charge in [0.2, 0.25) is 0 Å². The van der Waals surface area contributed by atoms with E-state index in [0.29, 0.717) is 17.3 Å². The summed E-state index contributed by atoms with van der Waals surface area (Å²) in [6.07, 6.45) is 5.90. The molecule has 0 radical (unpaired) electrons. The maximum atomic E-state index is 12.4. The number of pyridine rings is 2. The first-order chi connectivity index (χ1) is 12.2. The van der Waals surface area contributed by atoms with Crippen LogP contribution >= 0.6 is 0 Å². The number of likely N-dealkylation sites (N-methyl/N-ethyl adjacent to an activating group) is 1. The number of amides is 1. The lowest BCUT2D eigenvalue weighted by Gasteiger charge is -2.33. The molecule has 0 atom stereocenters. The van der Waals surface area contributed by atoms with Crippen molar-refractivity contribution in [2.24, 2.45) is 0 Å². The van der Waals surface area contributed by atoms with E-state index < -0.39 is 0 Å². The lowest BCUT2D eigenvalue weighted by molar-refractivity contribution is 0.102. The molecule has 1 aliphatic carbocycles. The first kappa shape index (κ1) is 16.0. The number of aromatic nitrogens is 2. The fourth-order valence-corrected chi connectivity index (χ4v) is 3.09. The van der Waals surface area contributed by atoms with Gasteiger partial charge in [-0.15, -0.1) is 0 Å². The fourth-order valence-electron chi connectivity index (χ4n) is 3.09. The van der Waals surface area contributed by atoms with E-state index in [-0.39, 0.29) is 5.91 Å². The van der Waals surface area contributed by atoms with Crippen molar-refractivity contribution in [3.05, 3.63) is 47.9 Å². The molecule has 2 aromatic rings. The van der Waals surface area contributed by atoms with Gasteiger partial charge in [-0.2, -0.15) is 0 Å². The summed E-state index contributed by atoms with van der Waals surface area (Å²) in [4.78, 5) is 25.8. The Morgan fingerprint density at radius 2 is 1.92 bits per heavy atom. The average Bonchev–Trinajstić information content (AvgIpc) is 3.48. The molecule has 1 aliphatic heterocycles. The molecule has 2 aromatic heterocycles. The molecular weight excluding hydrogens is 314 g/mol. The zero-order valence-corrected chi connectivity index (χ0v) is 14.5. The Morgan fingerprint density at radius 1 is 1.12 bits per heavy atom. The number of anilines is 2. The molecular formula is C19H23N5O. The zero-order valence-electron chi connectivity index (χ0n) is 14.5. The molecule has 2 aliphatic rings. The van der Waals surface area contributed by atoms with Crippen molar-refractivity contribution >= 4 is 17.4 Å². The van der Waals surface area contributed by atoms with Crippen LogP contribution in [-0.4, -0.2) is 54.0 Å². The van der Waals surface area contributed by atoms with Gasteiger partial charge in [-0.25, -0.2) is 4.98 Å². The quantitative estimate of drug-likeness (QED) is 0.928. The third kappa shape index (κ3) is 3.79. The highest BCUT2D eigenvalue weighted by molar-refractivity contribution is 6.03. The van der Waals surface area contributed by atoms with Crippen LogP contribution in [0.25, 0.3) is 0 Å². The van der Waals surface area contributed by atoms with E-state index in [1.807, 2.05) is 24.4 Å². The lowest BCUT2D eigenvalue weighted by Crippen LogP contribution is -2.44. The van der Waals surface area contributed by atoms with Gasteiger partial charge in [0.05, 0.1) is 11.9 Å². The summed E-state index contributed by atoms with van der Waals surface area (Å²) >= 11 is 0. The van der Waals surface area contributed by atoms with Crippen molar-refractivity contribution in [1.29, 1.82) is 0 Å². The van der Waals surface area contributed by atoms with Crippen LogP contribution in [0.4, 0.5) is 11.5 Å². The highest BCUT2D eigenvalue weighted by Crippen LogP contribution is 2.38. The van der Waals surface area contributed by atoms with Crippen molar-refractivity contribution in [3.63, 3.8) is 0 Å². The predicted octanol–water partition coefficient (Wildman–Crippen LogP) is 2.36. The second-order valence-electron chi connectivity index (χ2n) is 6.89. The first-order valence-corrected chi connectivity index (χ1v) is 8.86. The van der Waals surface area contributed by atoms with Crippen LogP contribution in [-0.2, 0) is 0 Å².